The third-order valence-corrected chi connectivity index (χ3v) is 3.83. The van der Waals surface area contributed by atoms with E-state index in [1.165, 1.54) is 12.8 Å². The van der Waals surface area contributed by atoms with Crippen LogP contribution in [0.5, 0.6) is 0 Å². The highest BCUT2D eigenvalue weighted by atomic mass is 79.9. The highest BCUT2D eigenvalue weighted by molar-refractivity contribution is 9.10. The van der Waals surface area contributed by atoms with E-state index in [0.29, 0.717) is 30.9 Å². The summed E-state index contributed by atoms with van der Waals surface area (Å²) in [6.45, 7) is 0.946. The lowest BCUT2D eigenvalue weighted by Crippen LogP contribution is -2.43. The van der Waals surface area contributed by atoms with Crippen molar-refractivity contribution in [2.75, 3.05) is 25.5 Å². The smallest absolute Gasteiger partial charge is 0.239 e. The van der Waals surface area contributed by atoms with Crippen LogP contribution in [0.15, 0.2) is 22.8 Å². The molecule has 3 N–H and O–H groups in total. The Morgan fingerprint density at radius 2 is 2.19 bits per heavy atom. The van der Waals surface area contributed by atoms with Gasteiger partial charge < -0.3 is 11.1 Å². The summed E-state index contributed by atoms with van der Waals surface area (Å²) in [6, 6.07) is 3.92. The van der Waals surface area contributed by atoms with Crippen LogP contribution in [0.2, 0.25) is 0 Å². The van der Waals surface area contributed by atoms with Crippen molar-refractivity contribution in [3.63, 3.8) is 0 Å². The maximum atomic E-state index is 11.9. The first-order chi connectivity index (χ1) is 9.10. The van der Waals surface area contributed by atoms with Crippen molar-refractivity contribution in [1.29, 1.82) is 0 Å². The van der Waals surface area contributed by atoms with Crippen molar-refractivity contribution in [1.82, 2.24) is 9.88 Å². The summed E-state index contributed by atoms with van der Waals surface area (Å²) in [7, 11) is 1.95. The maximum Gasteiger partial charge on any atom is 0.239 e. The summed E-state index contributed by atoms with van der Waals surface area (Å²) in [5.74, 6) is 1.17. The molecule has 1 aliphatic carbocycles. The molecular weight excluding hydrogens is 379 g/mol. The number of pyridine rings is 1. The first-order valence-electron chi connectivity index (χ1n) is 6.42. The van der Waals surface area contributed by atoms with E-state index >= 15 is 0 Å². The molecule has 0 radical (unpaired) electrons. The summed E-state index contributed by atoms with van der Waals surface area (Å²) in [5.41, 5.74) is 5.77. The number of carbonyl (C=O) groups is 1. The number of anilines is 1. The van der Waals surface area contributed by atoms with E-state index in [9.17, 15) is 4.79 Å². The highest BCUT2D eigenvalue weighted by Gasteiger charge is 2.33. The monoisotopic (exact) mass is 398 g/mol. The average Bonchev–Trinajstić information content (AvgIpc) is 3.17. The number of amides is 1. The maximum absolute atomic E-state index is 11.9. The Bertz CT molecular complexity index is 442. The van der Waals surface area contributed by atoms with Gasteiger partial charge in [0.05, 0.1) is 6.54 Å². The molecule has 1 saturated carbocycles. The Labute approximate surface area is 146 Å². The molecule has 1 unspecified atom stereocenters. The lowest BCUT2D eigenvalue weighted by molar-refractivity contribution is -0.117. The highest BCUT2D eigenvalue weighted by Crippen LogP contribution is 2.34. The molecule has 0 aliphatic heterocycles. The van der Waals surface area contributed by atoms with Gasteiger partial charge in [-0.15, -0.1) is 24.8 Å². The fraction of sp³-hybridized carbons (Fsp3) is 0.538. The molecule has 0 spiro atoms. The first-order valence-corrected chi connectivity index (χ1v) is 7.21. The Hall–Kier alpha value is -0.400. The minimum absolute atomic E-state index is 0. The summed E-state index contributed by atoms with van der Waals surface area (Å²) >= 11 is 3.31. The lowest BCUT2D eigenvalue weighted by atomic mass is 10.1. The number of rotatable bonds is 6. The molecule has 0 bridgehead atoms. The molecule has 2 rings (SSSR count). The molecule has 0 saturated heterocycles. The Morgan fingerprint density at radius 3 is 2.67 bits per heavy atom. The van der Waals surface area contributed by atoms with Gasteiger partial charge in [-0.05, 0) is 53.9 Å². The number of hydrogen-bond donors (Lipinski definition) is 2. The van der Waals surface area contributed by atoms with Gasteiger partial charge in [0.1, 0.15) is 5.82 Å². The summed E-state index contributed by atoms with van der Waals surface area (Å²) in [4.78, 5) is 18.1. The largest absolute Gasteiger partial charge is 0.329 e. The Morgan fingerprint density at radius 1 is 1.52 bits per heavy atom. The predicted molar refractivity (Wildman–Crippen MR) is 93.3 cm³/mol. The number of hydrogen-bond acceptors (Lipinski definition) is 4. The zero-order chi connectivity index (χ0) is 13.8. The van der Waals surface area contributed by atoms with Gasteiger partial charge in [-0.2, -0.15) is 0 Å². The van der Waals surface area contributed by atoms with Crippen LogP contribution < -0.4 is 11.1 Å². The minimum atomic E-state index is -0.0589. The second-order valence-corrected chi connectivity index (χ2v) is 5.88. The van der Waals surface area contributed by atoms with Gasteiger partial charge in [0.2, 0.25) is 5.91 Å². The number of nitrogens with two attached hydrogens (primary N) is 1. The van der Waals surface area contributed by atoms with Crippen LogP contribution in [-0.2, 0) is 4.79 Å². The van der Waals surface area contributed by atoms with Crippen molar-refractivity contribution in [3.8, 4) is 0 Å². The number of aromatic nitrogens is 1. The lowest BCUT2D eigenvalue weighted by Gasteiger charge is -2.26. The van der Waals surface area contributed by atoms with E-state index in [0.717, 1.165) is 4.47 Å². The standard InChI is InChI=1S/C13H19BrN4O.2ClH/c1-18(11(6-15)9-2-3-9)8-13(19)17-12-5-4-10(14)7-16-12;;/h4-5,7,9,11H,2-3,6,8,15H2,1H3,(H,16,17,19);2*1H. The molecule has 0 aromatic carbocycles. The molecule has 120 valence electrons. The van der Waals surface area contributed by atoms with Gasteiger partial charge in [0.15, 0.2) is 0 Å². The third kappa shape index (κ3) is 6.48. The second-order valence-electron chi connectivity index (χ2n) is 4.97. The third-order valence-electron chi connectivity index (χ3n) is 3.36. The molecule has 21 heavy (non-hydrogen) atoms. The number of carbonyl (C=O) groups excluding carboxylic acids is 1. The molecule has 1 aromatic heterocycles. The van der Waals surface area contributed by atoms with E-state index in [2.05, 4.69) is 26.2 Å². The SMILES string of the molecule is CN(CC(=O)Nc1ccc(Br)cn1)C(CN)C1CC1.Cl.Cl. The van der Waals surface area contributed by atoms with Crippen molar-refractivity contribution < 1.29 is 4.79 Å². The van der Waals surface area contributed by atoms with Gasteiger partial charge in [-0.1, -0.05) is 0 Å². The molecule has 1 heterocycles. The fourth-order valence-electron chi connectivity index (χ4n) is 2.19. The molecule has 1 aliphatic rings. The Balaban J connectivity index is 0.00000200. The fourth-order valence-corrected chi connectivity index (χ4v) is 2.42. The van der Waals surface area contributed by atoms with Crippen LogP contribution in [0.25, 0.3) is 0 Å². The van der Waals surface area contributed by atoms with Gasteiger partial charge in [0, 0.05) is 23.3 Å². The van der Waals surface area contributed by atoms with E-state index in [1.807, 2.05) is 18.0 Å². The van der Waals surface area contributed by atoms with Gasteiger partial charge in [0.25, 0.3) is 0 Å². The number of likely N-dealkylation sites (N-methyl/N-ethyl adjacent to an activating group) is 1. The zero-order valence-electron chi connectivity index (χ0n) is 11.8. The van der Waals surface area contributed by atoms with Crippen LogP contribution in [0, 0.1) is 5.92 Å². The molecule has 8 heteroatoms. The van der Waals surface area contributed by atoms with Gasteiger partial charge in [-0.3, -0.25) is 9.69 Å². The molecule has 1 amide bonds. The van der Waals surface area contributed by atoms with E-state index in [4.69, 9.17) is 5.73 Å². The zero-order valence-corrected chi connectivity index (χ0v) is 15.0. The first kappa shape index (κ1) is 20.6. The Kier molecular flexibility index (Phi) is 9.40. The van der Waals surface area contributed by atoms with Crippen molar-refractivity contribution in [2.24, 2.45) is 11.7 Å². The normalized spacial score (nSPS) is 14.9. The van der Waals surface area contributed by atoms with Crippen LogP contribution in [0.3, 0.4) is 0 Å². The quantitative estimate of drug-likeness (QED) is 0.769. The minimum Gasteiger partial charge on any atom is -0.329 e. The molecule has 1 atom stereocenters. The summed E-state index contributed by atoms with van der Waals surface area (Å²) in [5, 5.41) is 2.78. The molecule has 1 fully saturated rings. The molecular formula is C13H21BrCl2N4O. The topological polar surface area (TPSA) is 71.2 Å². The van der Waals surface area contributed by atoms with E-state index in [-0.39, 0.29) is 30.7 Å². The van der Waals surface area contributed by atoms with Crippen molar-refractivity contribution >= 4 is 52.5 Å². The predicted octanol–water partition coefficient (Wildman–Crippen LogP) is 2.30. The molecule has 5 nitrogen and oxygen atoms in total. The van der Waals surface area contributed by atoms with E-state index < -0.39 is 0 Å². The van der Waals surface area contributed by atoms with Crippen molar-refractivity contribution in [2.45, 2.75) is 18.9 Å². The van der Waals surface area contributed by atoms with Crippen molar-refractivity contribution in [3.05, 3.63) is 22.8 Å². The van der Waals surface area contributed by atoms with Crippen LogP contribution >= 0.6 is 40.7 Å². The average molecular weight is 400 g/mol. The second kappa shape index (κ2) is 9.58. The van der Waals surface area contributed by atoms with E-state index in [1.54, 1.807) is 12.3 Å². The van der Waals surface area contributed by atoms with Gasteiger partial charge >= 0.3 is 0 Å². The number of halogens is 3. The van der Waals surface area contributed by atoms with Crippen LogP contribution in [-0.4, -0.2) is 42.0 Å². The summed E-state index contributed by atoms with van der Waals surface area (Å²) < 4.78 is 0.888. The number of nitrogens with one attached hydrogen (secondary N) is 1. The molecule has 1 aromatic rings. The summed E-state index contributed by atoms with van der Waals surface area (Å²) in [6.07, 6.45) is 4.11. The number of nitrogens with zero attached hydrogens (tertiary/aromatic N) is 2. The van der Waals surface area contributed by atoms with Gasteiger partial charge in [-0.25, -0.2) is 4.98 Å². The van der Waals surface area contributed by atoms with Crippen LogP contribution in [0.4, 0.5) is 5.82 Å². The van der Waals surface area contributed by atoms with Crippen LogP contribution in [0.1, 0.15) is 12.8 Å².